The molecular weight excluding hydrogens is 543 g/mol. The van der Waals surface area contributed by atoms with Gasteiger partial charge in [-0.25, -0.2) is 12.8 Å². The molecule has 0 radical (unpaired) electrons. The summed E-state index contributed by atoms with van der Waals surface area (Å²) in [6, 6.07) is 2.02. The van der Waals surface area contributed by atoms with Crippen molar-refractivity contribution in [2.75, 3.05) is 25.1 Å². The third kappa shape index (κ3) is 8.24. The smallest absolute Gasteiger partial charge is 0.356 e. The van der Waals surface area contributed by atoms with Crippen LogP contribution in [0.1, 0.15) is 24.0 Å². The summed E-state index contributed by atoms with van der Waals surface area (Å²) < 4.78 is 75.0. The summed E-state index contributed by atoms with van der Waals surface area (Å²) in [4.78, 5) is 15.7. The first kappa shape index (κ1) is 26.4. The summed E-state index contributed by atoms with van der Waals surface area (Å²) in [6.07, 6.45) is -4.28. The van der Waals surface area contributed by atoms with E-state index in [9.17, 15) is 30.8 Å². The van der Waals surface area contributed by atoms with Gasteiger partial charge in [0.25, 0.3) is 0 Å². The van der Waals surface area contributed by atoms with E-state index in [1.54, 1.807) is 0 Å². The van der Waals surface area contributed by atoms with E-state index in [0.29, 0.717) is 12.5 Å². The summed E-state index contributed by atoms with van der Waals surface area (Å²) in [5.74, 6) is -1.18. The lowest BCUT2D eigenvalue weighted by Crippen LogP contribution is -2.41. The number of nitrogens with zero attached hydrogens (tertiary/aromatic N) is 1. The van der Waals surface area contributed by atoms with Gasteiger partial charge in [0.05, 0.1) is 17.1 Å². The lowest BCUT2D eigenvalue weighted by Gasteiger charge is -2.16. The summed E-state index contributed by atoms with van der Waals surface area (Å²) in [5.41, 5.74) is -1.23. The quantitative estimate of drug-likeness (QED) is 0.211. The van der Waals surface area contributed by atoms with E-state index in [1.165, 1.54) is 7.05 Å². The fourth-order valence-corrected chi connectivity index (χ4v) is 4.54. The second-order valence-corrected chi connectivity index (χ2v) is 8.80. The molecule has 1 aliphatic heterocycles. The number of halogens is 5. The second kappa shape index (κ2) is 11.1. The van der Waals surface area contributed by atoms with E-state index in [2.05, 4.69) is 20.9 Å². The Morgan fingerprint density at radius 1 is 1.27 bits per heavy atom. The SMILES string of the molecule is CN=C(NCCC(=O)NC1CCS(=O)(=O)C1)NCc1ccc(F)cc1C(F)(F)F.I. The highest BCUT2D eigenvalue weighted by atomic mass is 127. The largest absolute Gasteiger partial charge is 0.416 e. The Kier molecular flexibility index (Phi) is 9.78. The number of alkyl halides is 3. The maximum absolute atomic E-state index is 13.1. The van der Waals surface area contributed by atoms with Crippen LogP contribution in [0.15, 0.2) is 23.2 Å². The molecule has 0 spiro atoms. The van der Waals surface area contributed by atoms with Crippen molar-refractivity contribution < 1.29 is 30.8 Å². The topological polar surface area (TPSA) is 99.7 Å². The molecule has 0 aliphatic carbocycles. The zero-order valence-corrected chi connectivity index (χ0v) is 19.2. The number of aliphatic imine (C=N–C) groups is 1. The van der Waals surface area contributed by atoms with E-state index < -0.39 is 33.4 Å². The van der Waals surface area contributed by atoms with E-state index >= 15 is 0 Å². The van der Waals surface area contributed by atoms with Gasteiger partial charge in [-0.15, -0.1) is 24.0 Å². The monoisotopic (exact) mass is 566 g/mol. The number of benzene rings is 1. The summed E-state index contributed by atoms with van der Waals surface area (Å²) in [6.45, 7) is -0.110. The zero-order valence-electron chi connectivity index (χ0n) is 16.1. The van der Waals surface area contributed by atoms with E-state index in [-0.39, 0.29) is 72.4 Å². The highest BCUT2D eigenvalue weighted by molar-refractivity contribution is 14.0. The number of carbonyl (C=O) groups excluding carboxylic acids is 1. The van der Waals surface area contributed by atoms with Gasteiger partial charge >= 0.3 is 6.18 Å². The predicted molar refractivity (Wildman–Crippen MR) is 115 cm³/mol. The number of carbonyl (C=O) groups is 1. The van der Waals surface area contributed by atoms with Crippen molar-refractivity contribution in [1.29, 1.82) is 0 Å². The molecule has 13 heteroatoms. The Balaban J connectivity index is 0.00000450. The molecule has 1 aliphatic rings. The summed E-state index contributed by atoms with van der Waals surface area (Å²) in [7, 11) is -1.68. The second-order valence-electron chi connectivity index (χ2n) is 6.57. The molecule has 0 saturated carbocycles. The van der Waals surface area contributed by atoms with Crippen molar-refractivity contribution in [1.82, 2.24) is 16.0 Å². The van der Waals surface area contributed by atoms with Gasteiger partial charge in [-0.3, -0.25) is 9.79 Å². The Hall–Kier alpha value is -1.64. The Bertz CT molecular complexity index is 878. The van der Waals surface area contributed by atoms with E-state index in [1.807, 2.05) is 0 Å². The van der Waals surface area contributed by atoms with Crippen LogP contribution in [0.3, 0.4) is 0 Å². The third-order valence-corrected chi connectivity index (χ3v) is 6.06. The molecule has 1 heterocycles. The van der Waals surface area contributed by atoms with Crippen LogP contribution >= 0.6 is 24.0 Å². The molecule has 3 N–H and O–H groups in total. The number of hydrogen-bond acceptors (Lipinski definition) is 4. The number of amides is 1. The Morgan fingerprint density at radius 2 is 1.97 bits per heavy atom. The molecule has 1 amide bonds. The number of nitrogens with one attached hydrogen (secondary N) is 3. The van der Waals surface area contributed by atoms with Crippen molar-refractivity contribution in [3.05, 3.63) is 35.1 Å². The highest BCUT2D eigenvalue weighted by Crippen LogP contribution is 2.32. The maximum Gasteiger partial charge on any atom is 0.416 e. The molecule has 2 rings (SSSR count). The van der Waals surface area contributed by atoms with Crippen molar-refractivity contribution in [3.63, 3.8) is 0 Å². The van der Waals surface area contributed by atoms with E-state index in [4.69, 9.17) is 0 Å². The summed E-state index contributed by atoms with van der Waals surface area (Å²) in [5, 5.41) is 8.10. The lowest BCUT2D eigenvalue weighted by molar-refractivity contribution is -0.138. The first-order chi connectivity index (χ1) is 13.5. The molecule has 0 aromatic heterocycles. The fourth-order valence-electron chi connectivity index (χ4n) is 2.87. The zero-order chi connectivity index (χ0) is 21.7. The average molecular weight is 566 g/mol. The molecule has 170 valence electrons. The number of hydrogen-bond donors (Lipinski definition) is 3. The normalized spacial score (nSPS) is 18.4. The molecule has 1 fully saturated rings. The fraction of sp³-hybridized carbons (Fsp3) is 0.529. The predicted octanol–water partition coefficient (Wildman–Crippen LogP) is 1.82. The minimum absolute atomic E-state index is 0. The van der Waals surface area contributed by atoms with Crippen LogP contribution in [0.25, 0.3) is 0 Å². The van der Waals surface area contributed by atoms with Crippen molar-refractivity contribution in [2.45, 2.75) is 31.6 Å². The van der Waals surface area contributed by atoms with Gasteiger partial charge in [-0.2, -0.15) is 13.2 Å². The van der Waals surface area contributed by atoms with Crippen molar-refractivity contribution in [2.24, 2.45) is 4.99 Å². The minimum Gasteiger partial charge on any atom is -0.356 e. The van der Waals surface area contributed by atoms with Gasteiger partial charge in [0, 0.05) is 32.6 Å². The average Bonchev–Trinajstić information content (AvgIpc) is 2.96. The standard InChI is InChI=1S/C17H22F4N4O3S.HI/c1-22-16(23-6-4-15(26)25-13-5-7-29(27,28)10-13)24-9-11-2-3-12(18)8-14(11)17(19,20)21;/h2-3,8,13H,4-7,9-10H2,1H3,(H,25,26)(H2,22,23,24);1H. The van der Waals surface area contributed by atoms with Crippen molar-refractivity contribution in [3.8, 4) is 0 Å². The molecule has 0 bridgehead atoms. The van der Waals surface area contributed by atoms with E-state index in [0.717, 1.165) is 12.1 Å². The molecule has 1 atom stereocenters. The van der Waals surface area contributed by atoms with Crippen LogP contribution in [0.2, 0.25) is 0 Å². The van der Waals surface area contributed by atoms with Crippen LogP contribution < -0.4 is 16.0 Å². The number of rotatable bonds is 6. The van der Waals surface area contributed by atoms with Crippen LogP contribution in [0.5, 0.6) is 0 Å². The van der Waals surface area contributed by atoms with Crippen molar-refractivity contribution >= 4 is 45.7 Å². The molecular formula is C17H23F4IN4O3S. The molecule has 1 aromatic rings. The molecule has 30 heavy (non-hydrogen) atoms. The number of guanidine groups is 1. The summed E-state index contributed by atoms with van der Waals surface area (Å²) >= 11 is 0. The molecule has 1 saturated heterocycles. The van der Waals surface area contributed by atoms with Gasteiger partial charge < -0.3 is 16.0 Å². The van der Waals surface area contributed by atoms with Gasteiger partial charge in [-0.05, 0) is 24.1 Å². The van der Waals surface area contributed by atoms with Gasteiger partial charge in [0.15, 0.2) is 15.8 Å². The molecule has 1 unspecified atom stereocenters. The van der Waals surface area contributed by atoms with Gasteiger partial charge in [0.2, 0.25) is 5.91 Å². The molecule has 1 aromatic carbocycles. The first-order valence-electron chi connectivity index (χ1n) is 8.80. The lowest BCUT2D eigenvalue weighted by atomic mass is 10.1. The van der Waals surface area contributed by atoms with Crippen LogP contribution in [0, 0.1) is 5.82 Å². The molecule has 7 nitrogen and oxygen atoms in total. The number of sulfone groups is 1. The van der Waals surface area contributed by atoms with Crippen LogP contribution in [0.4, 0.5) is 17.6 Å². The maximum atomic E-state index is 13.1. The van der Waals surface area contributed by atoms with Gasteiger partial charge in [0.1, 0.15) is 5.82 Å². The Labute approximate surface area is 189 Å². The minimum atomic E-state index is -4.69. The first-order valence-corrected chi connectivity index (χ1v) is 10.6. The Morgan fingerprint density at radius 3 is 2.53 bits per heavy atom. The third-order valence-electron chi connectivity index (χ3n) is 4.29. The van der Waals surface area contributed by atoms with Crippen LogP contribution in [-0.2, 0) is 27.4 Å². The van der Waals surface area contributed by atoms with Gasteiger partial charge in [-0.1, -0.05) is 6.07 Å². The highest BCUT2D eigenvalue weighted by Gasteiger charge is 2.33. The van der Waals surface area contributed by atoms with Crippen LogP contribution in [-0.4, -0.2) is 51.4 Å².